The normalized spacial score (nSPS) is 10.3. The molecule has 0 atom stereocenters. The van der Waals surface area contributed by atoms with Gasteiger partial charge in [-0.15, -0.1) is 0 Å². The Morgan fingerprint density at radius 1 is 0.133 bits per heavy atom. The van der Waals surface area contributed by atoms with Crippen LogP contribution in [0.25, 0.3) is 0 Å². The molecule has 128 heavy (non-hydrogen) atoms. The van der Waals surface area contributed by atoms with Crippen LogP contribution in [0.4, 0.5) is 133 Å². The maximum absolute atomic E-state index is 12.5. The number of rotatable bonds is 12. The Kier molecular flexibility index (Phi) is 53.0. The first-order valence-electron chi connectivity index (χ1n) is 38.1. The Morgan fingerprint density at radius 2 is 0.203 bits per heavy atom. The Morgan fingerprint density at radius 3 is 0.258 bits per heavy atom. The van der Waals surface area contributed by atoms with Gasteiger partial charge in [0, 0.05) is 0 Å². The molecule has 12 rings (SSSR count). The van der Waals surface area contributed by atoms with Crippen LogP contribution in [0.1, 0.15) is 0 Å². The molecule has 0 radical (unpaired) electrons. The van der Waals surface area contributed by atoms with Crippen LogP contribution < -0.4 is 101 Å². The minimum Gasteiger partial charge on any atom is -0.889 e. The molecule has 0 fully saturated rings. The van der Waals surface area contributed by atoms with Crippen molar-refractivity contribution in [3.8, 4) is 0 Å². The van der Waals surface area contributed by atoms with Gasteiger partial charge in [-0.3, -0.25) is 0 Å². The van der Waals surface area contributed by atoms with Crippen molar-refractivity contribution in [3.63, 3.8) is 0 Å². The minimum absolute atomic E-state index is 1.33. The molecule has 0 aliphatic carbocycles. The fourth-order valence-electron chi connectivity index (χ4n) is 9.49. The summed E-state index contributed by atoms with van der Waals surface area (Å²) in [7, 11) is 20.9. The molecule has 0 aromatic heterocycles. The van der Waals surface area contributed by atoms with Gasteiger partial charge in [0.15, 0.2) is 116 Å². The summed E-state index contributed by atoms with van der Waals surface area (Å²) in [5.41, 5.74) is 3.10. The molecule has 8 N–H and O–H groups in total. The van der Waals surface area contributed by atoms with E-state index in [1.165, 1.54) is 84.7 Å². The topological polar surface area (TPSA) is 220 Å². The molecule has 0 amide bonds. The Bertz CT molecular complexity index is 4250. The third kappa shape index (κ3) is 38.4. The zero-order chi connectivity index (χ0) is 97.7. The fraction of sp³-hybridized carbons (Fsp3) is 0.182. The second kappa shape index (κ2) is 59.1. The van der Waals surface area contributed by atoms with E-state index in [0.29, 0.717) is 0 Å². The van der Waals surface area contributed by atoms with Gasteiger partial charge in [0.05, 0.1) is 113 Å². The Labute approximate surface area is 731 Å². The van der Waals surface area contributed by atoms with Crippen LogP contribution >= 0.6 is 0 Å². The molecule has 0 unspecified atom stereocenters. The van der Waals surface area contributed by atoms with E-state index in [0.717, 1.165) is 0 Å². The largest absolute Gasteiger partial charge is 0.889 e. The molecule has 0 bridgehead atoms. The molecule has 0 saturated heterocycles. The fourth-order valence-corrected chi connectivity index (χ4v) is 9.49. The number of hydrogen-bond donors (Lipinski definition) is 8. The lowest BCUT2D eigenvalue weighted by Crippen LogP contribution is -3.00. The first kappa shape index (κ1) is 115. The van der Waals surface area contributed by atoms with Gasteiger partial charge >= 0.3 is 0 Å². The van der Waals surface area contributed by atoms with Crippen LogP contribution in [-0.2, 0) is 0 Å². The summed E-state index contributed by atoms with van der Waals surface area (Å²) in [4.78, 5) is 11.0. The molecule has 12 aromatic carbocycles. The summed E-state index contributed by atoms with van der Waals surface area (Å²) in [5.74, 6) is -47.0. The predicted octanol–water partition coefficient (Wildman–Crippen LogP) is -1.11. The van der Waals surface area contributed by atoms with Crippen molar-refractivity contribution in [2.45, 2.75) is 0 Å². The van der Waals surface area contributed by atoms with Crippen LogP contribution in [0, 0.1) is 116 Å². The third-order valence-corrected chi connectivity index (χ3v) is 16.7. The van der Waals surface area contributed by atoms with Crippen molar-refractivity contribution in [2.24, 2.45) is 0 Å². The minimum atomic E-state index is -3.26. The van der Waals surface area contributed by atoms with E-state index in [9.17, 15) is 128 Å². The maximum atomic E-state index is 12.5. The van der Waals surface area contributed by atoms with Crippen LogP contribution in [0.3, 0.4) is 0 Å². The maximum Gasteiger partial charge on any atom is 0.200 e. The molecular weight excluding hydrogens is 1720 g/mol. The summed E-state index contributed by atoms with van der Waals surface area (Å²) in [5, 5.41) is 80.8. The zero-order valence-corrected chi connectivity index (χ0v) is 72.2. The van der Waals surface area contributed by atoms with Gasteiger partial charge in [0.25, 0.3) is 0 Å². The summed E-state index contributed by atoms with van der Waals surface area (Å²) < 4.78 is 248. The van der Waals surface area contributed by atoms with Crippen molar-refractivity contribution >= 4 is 95.8 Å². The number of para-hydroxylation sites is 8. The monoisotopic (exact) mass is 1820 g/mol. The molecular formula is C88H96B4F20N8O8. The molecule has 0 spiro atoms. The van der Waals surface area contributed by atoms with Crippen LogP contribution in [-0.4, -0.2) is 141 Å². The van der Waals surface area contributed by atoms with E-state index < -0.39 is 167 Å². The number of halogens is 20. The molecule has 0 aliphatic rings. The van der Waals surface area contributed by atoms with E-state index in [4.69, 9.17) is 0 Å². The smallest absolute Gasteiger partial charge is 0.200 e. The van der Waals surface area contributed by atoms with E-state index in [2.05, 4.69) is 307 Å². The third-order valence-electron chi connectivity index (χ3n) is 16.7. The van der Waals surface area contributed by atoms with Gasteiger partial charge in [-0.05, 0) is 119 Å². The van der Waals surface area contributed by atoms with Gasteiger partial charge in [0.1, 0.15) is 45.5 Å². The van der Waals surface area contributed by atoms with Gasteiger partial charge in [-0.1, -0.05) is 174 Å². The van der Waals surface area contributed by atoms with Gasteiger partial charge < -0.3 is 79.4 Å². The second-order valence-corrected chi connectivity index (χ2v) is 28.2. The van der Waals surface area contributed by atoms with Crippen LogP contribution in [0.5, 0.6) is 0 Å². The van der Waals surface area contributed by atoms with E-state index in [1.54, 1.807) is 0 Å². The summed E-state index contributed by atoms with van der Waals surface area (Å²) in [6.07, 6.45) is 0. The van der Waals surface area contributed by atoms with Crippen molar-refractivity contribution in [1.82, 2.24) is 0 Å². The zero-order valence-electron chi connectivity index (χ0n) is 72.2. The summed E-state index contributed by atoms with van der Waals surface area (Å²) in [6, 6.07) is 83.1. The number of quaternary nitrogens is 8. The molecule has 0 saturated carbocycles. The molecule has 12 aromatic rings. The van der Waals surface area contributed by atoms with Crippen LogP contribution in [0.15, 0.2) is 243 Å². The van der Waals surface area contributed by atoms with Crippen molar-refractivity contribution in [3.05, 3.63) is 359 Å². The number of benzene rings is 12. The Hall–Kier alpha value is -11.1. The summed E-state index contributed by atoms with van der Waals surface area (Å²) >= 11 is 0. The lowest BCUT2D eigenvalue weighted by Gasteiger charge is -2.27. The highest BCUT2D eigenvalue weighted by molar-refractivity contribution is 6.56. The van der Waals surface area contributed by atoms with Gasteiger partial charge in [-0.2, -0.15) is 0 Å². The highest BCUT2D eigenvalue weighted by atomic mass is 19.2. The highest BCUT2D eigenvalue weighted by Gasteiger charge is 2.27. The average Bonchev–Trinajstić information content (AvgIpc) is 0.807. The molecule has 40 heteroatoms. The summed E-state index contributed by atoms with van der Waals surface area (Å²) in [6.45, 7) is 0. The highest BCUT2D eigenvalue weighted by Crippen LogP contribution is 2.20. The average molecular weight is 1820 g/mol. The van der Waals surface area contributed by atoms with Crippen molar-refractivity contribution in [2.75, 3.05) is 113 Å². The van der Waals surface area contributed by atoms with Gasteiger partial charge in [0.2, 0.25) is 0 Å². The molecule has 16 nitrogen and oxygen atoms in total. The van der Waals surface area contributed by atoms with E-state index in [-0.39, 0.29) is 0 Å². The Balaban J connectivity index is 0.000000702. The molecule has 0 heterocycles. The van der Waals surface area contributed by atoms with Crippen molar-refractivity contribution in [1.29, 1.82) is 0 Å². The number of nitrogens with one attached hydrogen (secondary N) is 8. The predicted molar refractivity (Wildman–Crippen MR) is 438 cm³/mol. The number of hydrogen-bond acceptors (Lipinski definition) is 8. The molecule has 0 aliphatic heterocycles. The quantitative estimate of drug-likeness (QED) is 0.0324. The van der Waals surface area contributed by atoms with Gasteiger partial charge in [-0.25, -0.2) is 87.8 Å². The first-order valence-corrected chi connectivity index (χ1v) is 38.1. The lowest BCUT2D eigenvalue weighted by atomic mass is 9.79. The van der Waals surface area contributed by atoms with Crippen molar-refractivity contribution < 1.29 is 167 Å². The van der Waals surface area contributed by atoms with E-state index in [1.807, 2.05) is 48.5 Å². The van der Waals surface area contributed by atoms with Crippen LogP contribution in [0.2, 0.25) is 0 Å². The molecule has 688 valence electrons. The second-order valence-electron chi connectivity index (χ2n) is 28.2. The first-order chi connectivity index (χ1) is 59.9. The standard InChI is InChI=1S/8C8H11N.4C6BF5O2/c8*1-9(2)8-6-4-3-5-7-8;4*8-2-1(7(13)14)3(9)5(11)6(12)4(2)10/h8*3-7H,1-2H3;;;;/q;;;;;;;;4*-2/p+8. The SMILES string of the molecule is C[NH+](C)c1ccccc1.C[NH+](C)c1ccccc1.C[NH+](C)c1ccccc1.C[NH+](C)c1ccccc1.C[NH+](C)c1ccccc1.C[NH+](C)c1ccccc1.C[NH+](C)c1ccccc1.C[NH+](C)c1ccccc1.[O-]B([O-])c1c(F)c(F)c(F)c(F)c1F.[O-]B([O-])c1c(F)c(F)c(F)c(F)c1F.[O-]B([O-])c1c(F)c(F)c(F)c(F)c1F.[O-]B([O-])c1c(F)c(F)c(F)c(F)c1F. The lowest BCUT2D eigenvalue weighted by molar-refractivity contribution is -0.786. The van der Waals surface area contributed by atoms with E-state index >= 15 is 0 Å².